The Hall–Kier alpha value is -6.10. The Morgan fingerprint density at radius 2 is 1.08 bits per heavy atom. The van der Waals surface area contributed by atoms with E-state index in [0.717, 1.165) is 50.5 Å². The van der Waals surface area contributed by atoms with Crippen molar-refractivity contribution < 1.29 is 0 Å². The summed E-state index contributed by atoms with van der Waals surface area (Å²) >= 11 is 1.86. The molecule has 4 heterocycles. The van der Waals surface area contributed by atoms with E-state index in [1.54, 1.807) is 0 Å². The molecule has 224 valence electrons. The molecule has 3 nitrogen and oxygen atoms in total. The number of rotatable bonds is 4. The Morgan fingerprint density at radius 3 is 1.88 bits per heavy atom. The minimum atomic E-state index is 0.884. The summed E-state index contributed by atoms with van der Waals surface area (Å²) in [4.78, 5) is 10.2. The fraction of sp³-hybridized carbons (Fsp3) is 0. The van der Waals surface area contributed by atoms with Crippen molar-refractivity contribution in [2.24, 2.45) is 0 Å². The number of hydrogen-bond acceptors (Lipinski definition) is 3. The first-order valence-corrected chi connectivity index (χ1v) is 17.0. The van der Waals surface area contributed by atoms with E-state index in [9.17, 15) is 0 Å². The summed E-state index contributed by atoms with van der Waals surface area (Å²) < 4.78 is 4.94. The van der Waals surface area contributed by atoms with Crippen LogP contribution in [0.15, 0.2) is 164 Å². The molecule has 4 aromatic heterocycles. The molecule has 0 spiro atoms. The van der Waals surface area contributed by atoms with Gasteiger partial charge in [-0.2, -0.15) is 0 Å². The number of nitrogens with zero attached hydrogens (tertiary/aromatic N) is 3. The molecule has 0 saturated carbocycles. The molecule has 0 amide bonds. The Morgan fingerprint density at radius 1 is 0.417 bits per heavy atom. The van der Waals surface area contributed by atoms with Crippen LogP contribution in [0.25, 0.3) is 92.2 Å². The summed E-state index contributed by atoms with van der Waals surface area (Å²) in [5, 5.41) is 7.59. The molecule has 0 aliphatic rings. The molecule has 0 atom stereocenters. The summed E-state index contributed by atoms with van der Waals surface area (Å²) in [5.74, 6) is 0.884. The molecule has 0 fully saturated rings. The highest BCUT2D eigenvalue weighted by Gasteiger charge is 2.16. The van der Waals surface area contributed by atoms with Crippen LogP contribution in [0.3, 0.4) is 0 Å². The highest BCUT2D eigenvalue weighted by Crippen LogP contribution is 2.40. The maximum absolute atomic E-state index is 5.12. The first kappa shape index (κ1) is 27.1. The zero-order chi connectivity index (χ0) is 31.6. The van der Waals surface area contributed by atoms with Gasteiger partial charge in [-0.05, 0) is 82.6 Å². The smallest absolute Gasteiger partial charge is 0.137 e. The molecule has 6 aromatic carbocycles. The lowest BCUT2D eigenvalue weighted by molar-refractivity contribution is 1.08. The van der Waals surface area contributed by atoms with Gasteiger partial charge in [0, 0.05) is 48.3 Å². The van der Waals surface area contributed by atoms with Crippen LogP contribution in [0.4, 0.5) is 0 Å². The van der Waals surface area contributed by atoms with Crippen molar-refractivity contribution in [2.75, 3.05) is 0 Å². The Kier molecular flexibility index (Phi) is 6.05. The van der Waals surface area contributed by atoms with E-state index < -0.39 is 0 Å². The van der Waals surface area contributed by atoms with Crippen LogP contribution in [-0.2, 0) is 0 Å². The molecule has 0 N–H and O–H groups in total. The average Bonchev–Trinajstić information content (AvgIpc) is 3.68. The van der Waals surface area contributed by atoms with Crippen LogP contribution >= 0.6 is 11.3 Å². The average molecular weight is 630 g/mol. The minimum absolute atomic E-state index is 0.884. The molecule has 0 saturated heterocycles. The topological polar surface area (TPSA) is 30.7 Å². The molecular weight excluding hydrogens is 603 g/mol. The second kappa shape index (κ2) is 10.7. The van der Waals surface area contributed by atoms with Crippen molar-refractivity contribution in [3.05, 3.63) is 164 Å². The Labute approximate surface area is 281 Å². The number of benzene rings is 6. The van der Waals surface area contributed by atoms with Crippen LogP contribution in [0, 0.1) is 0 Å². The van der Waals surface area contributed by atoms with Gasteiger partial charge in [0.05, 0.1) is 22.4 Å². The van der Waals surface area contributed by atoms with Crippen LogP contribution in [0.2, 0.25) is 0 Å². The van der Waals surface area contributed by atoms with E-state index in [4.69, 9.17) is 9.97 Å². The lowest BCUT2D eigenvalue weighted by Gasteiger charge is -2.11. The summed E-state index contributed by atoms with van der Waals surface area (Å²) in [7, 11) is 0. The SMILES string of the molecule is c1ccc(-c2cc(-c3ccccc3)nc(-c3ccc(-n4c5ccccc5c5cc6cc7c(cc6cc54)sc4ccccc47)nc3)c2)cc1. The molecule has 48 heavy (non-hydrogen) atoms. The normalized spacial score (nSPS) is 11.8. The Bertz CT molecular complexity index is 2760. The molecule has 0 unspecified atom stereocenters. The molecule has 10 rings (SSSR count). The lowest BCUT2D eigenvalue weighted by Crippen LogP contribution is -1.98. The van der Waals surface area contributed by atoms with E-state index in [-0.39, 0.29) is 0 Å². The first-order chi connectivity index (χ1) is 23.8. The predicted octanol–water partition coefficient (Wildman–Crippen LogP) is 12.1. The fourth-order valence-corrected chi connectivity index (χ4v) is 8.22. The number of fused-ring (bicyclic) bond motifs is 7. The third kappa shape index (κ3) is 4.34. The molecule has 10 aromatic rings. The lowest BCUT2D eigenvalue weighted by atomic mass is 10.0. The van der Waals surface area contributed by atoms with Gasteiger partial charge in [-0.15, -0.1) is 11.3 Å². The van der Waals surface area contributed by atoms with E-state index in [1.807, 2.05) is 29.7 Å². The highest BCUT2D eigenvalue weighted by molar-refractivity contribution is 7.25. The minimum Gasteiger partial charge on any atom is -0.294 e. The number of pyridine rings is 2. The van der Waals surface area contributed by atoms with Crippen molar-refractivity contribution >= 4 is 64.1 Å². The van der Waals surface area contributed by atoms with Crippen molar-refractivity contribution in [3.63, 3.8) is 0 Å². The van der Waals surface area contributed by atoms with Crippen LogP contribution in [-0.4, -0.2) is 14.5 Å². The molecule has 0 aliphatic heterocycles. The monoisotopic (exact) mass is 629 g/mol. The van der Waals surface area contributed by atoms with Gasteiger partial charge < -0.3 is 0 Å². The molecule has 4 heteroatoms. The van der Waals surface area contributed by atoms with Gasteiger partial charge >= 0.3 is 0 Å². The second-order valence-electron chi connectivity index (χ2n) is 12.3. The van der Waals surface area contributed by atoms with Crippen LogP contribution in [0.5, 0.6) is 0 Å². The summed E-state index contributed by atoms with van der Waals surface area (Å²) in [5.41, 5.74) is 8.50. The summed E-state index contributed by atoms with van der Waals surface area (Å²) in [6.45, 7) is 0. The van der Waals surface area contributed by atoms with E-state index in [2.05, 4.69) is 150 Å². The van der Waals surface area contributed by atoms with Crippen molar-refractivity contribution in [3.8, 4) is 39.5 Å². The van der Waals surface area contributed by atoms with Crippen molar-refractivity contribution in [2.45, 2.75) is 0 Å². The predicted molar refractivity (Wildman–Crippen MR) is 203 cm³/mol. The maximum atomic E-state index is 5.12. The number of aromatic nitrogens is 3. The zero-order valence-electron chi connectivity index (χ0n) is 25.8. The first-order valence-electron chi connectivity index (χ1n) is 16.1. The molecule has 0 bridgehead atoms. The van der Waals surface area contributed by atoms with E-state index in [0.29, 0.717) is 0 Å². The Balaban J connectivity index is 1.13. The summed E-state index contributed by atoms with van der Waals surface area (Å²) in [6, 6.07) is 56.2. The van der Waals surface area contributed by atoms with Crippen LogP contribution < -0.4 is 0 Å². The van der Waals surface area contributed by atoms with Crippen molar-refractivity contribution in [1.29, 1.82) is 0 Å². The van der Waals surface area contributed by atoms with Gasteiger partial charge in [-0.3, -0.25) is 4.57 Å². The van der Waals surface area contributed by atoms with Gasteiger partial charge in [0.2, 0.25) is 0 Å². The number of para-hydroxylation sites is 1. The van der Waals surface area contributed by atoms with Crippen molar-refractivity contribution in [1.82, 2.24) is 14.5 Å². The fourth-order valence-electron chi connectivity index (χ4n) is 7.08. The molecule has 0 radical (unpaired) electrons. The second-order valence-corrected chi connectivity index (χ2v) is 13.4. The van der Waals surface area contributed by atoms with E-state index in [1.165, 1.54) is 41.7 Å². The highest BCUT2D eigenvalue weighted by atomic mass is 32.1. The van der Waals surface area contributed by atoms with Gasteiger partial charge in [-0.25, -0.2) is 9.97 Å². The molecular formula is C44H27N3S. The summed E-state index contributed by atoms with van der Waals surface area (Å²) in [6.07, 6.45) is 1.96. The largest absolute Gasteiger partial charge is 0.294 e. The molecule has 0 aliphatic carbocycles. The van der Waals surface area contributed by atoms with Gasteiger partial charge in [0.25, 0.3) is 0 Å². The number of hydrogen-bond donors (Lipinski definition) is 0. The third-order valence-corrected chi connectivity index (χ3v) is 10.5. The van der Waals surface area contributed by atoms with Gasteiger partial charge in [0.15, 0.2) is 0 Å². The van der Waals surface area contributed by atoms with Crippen LogP contribution in [0.1, 0.15) is 0 Å². The quantitative estimate of drug-likeness (QED) is 0.194. The maximum Gasteiger partial charge on any atom is 0.137 e. The number of thiophene rings is 1. The zero-order valence-corrected chi connectivity index (χ0v) is 26.7. The van der Waals surface area contributed by atoms with E-state index >= 15 is 0 Å². The van der Waals surface area contributed by atoms with Gasteiger partial charge in [0.1, 0.15) is 5.82 Å². The van der Waals surface area contributed by atoms with Gasteiger partial charge in [-0.1, -0.05) is 97.1 Å². The third-order valence-electron chi connectivity index (χ3n) is 9.40. The standard InChI is InChI=1S/C44H27N3S/c1-3-11-28(12-4-1)32-23-38(29-13-5-2-6-14-29)46-39(24-32)30-19-20-44(45-27-30)47-40-17-9-7-15-34(40)36-21-31-22-37-35-16-8-10-18-42(35)48-43(37)26-33(31)25-41(36)47/h1-27H.